The Morgan fingerprint density at radius 3 is 2.55 bits per heavy atom. The van der Waals surface area contributed by atoms with E-state index in [1.54, 1.807) is 0 Å². The number of unbranched alkanes of at least 4 members (excludes halogenated alkanes) is 1. The SMILES string of the molecule is CCCCC(C)Nc1ccc(S(C)(=O)=O)cc1[N+](=O)[O-]. The Hall–Kier alpha value is -1.63. The van der Waals surface area contributed by atoms with Gasteiger partial charge in [0.05, 0.1) is 9.82 Å². The van der Waals surface area contributed by atoms with E-state index in [2.05, 4.69) is 12.2 Å². The molecule has 1 unspecified atom stereocenters. The number of nitrogens with zero attached hydrogens (tertiary/aromatic N) is 1. The largest absolute Gasteiger partial charge is 0.377 e. The van der Waals surface area contributed by atoms with Crippen LogP contribution in [0.3, 0.4) is 0 Å². The summed E-state index contributed by atoms with van der Waals surface area (Å²) in [5.74, 6) is 0. The van der Waals surface area contributed by atoms with E-state index < -0.39 is 14.8 Å². The number of hydrogen-bond donors (Lipinski definition) is 1. The zero-order chi connectivity index (χ0) is 15.3. The summed E-state index contributed by atoms with van der Waals surface area (Å²) in [5.41, 5.74) is 0.141. The highest BCUT2D eigenvalue weighted by atomic mass is 32.2. The Balaban J connectivity index is 3.05. The van der Waals surface area contributed by atoms with Crippen molar-refractivity contribution in [1.82, 2.24) is 0 Å². The zero-order valence-electron chi connectivity index (χ0n) is 11.9. The van der Waals surface area contributed by atoms with Gasteiger partial charge in [-0.15, -0.1) is 0 Å². The molecule has 0 aliphatic rings. The normalized spacial score (nSPS) is 12.9. The van der Waals surface area contributed by atoms with E-state index in [9.17, 15) is 18.5 Å². The molecule has 7 heteroatoms. The molecular formula is C13H20N2O4S. The van der Waals surface area contributed by atoms with E-state index >= 15 is 0 Å². The first-order valence-electron chi connectivity index (χ1n) is 6.50. The van der Waals surface area contributed by atoms with Crippen LogP contribution in [0, 0.1) is 10.1 Å². The highest BCUT2D eigenvalue weighted by molar-refractivity contribution is 7.90. The first-order valence-corrected chi connectivity index (χ1v) is 8.40. The van der Waals surface area contributed by atoms with Gasteiger partial charge in [-0.05, 0) is 25.5 Å². The van der Waals surface area contributed by atoms with E-state index in [1.165, 1.54) is 12.1 Å². The van der Waals surface area contributed by atoms with Crippen LogP contribution in [-0.2, 0) is 9.84 Å². The zero-order valence-corrected chi connectivity index (χ0v) is 12.7. The van der Waals surface area contributed by atoms with Crippen LogP contribution in [-0.4, -0.2) is 25.6 Å². The third kappa shape index (κ3) is 4.48. The molecule has 1 N–H and O–H groups in total. The molecule has 20 heavy (non-hydrogen) atoms. The van der Waals surface area contributed by atoms with Crippen LogP contribution in [0.4, 0.5) is 11.4 Å². The molecule has 0 spiro atoms. The van der Waals surface area contributed by atoms with Crippen molar-refractivity contribution in [1.29, 1.82) is 0 Å². The maximum atomic E-state index is 11.4. The van der Waals surface area contributed by atoms with Crippen LogP contribution in [0.25, 0.3) is 0 Å². The Morgan fingerprint density at radius 1 is 1.40 bits per heavy atom. The van der Waals surface area contributed by atoms with Crippen LogP contribution >= 0.6 is 0 Å². The van der Waals surface area contributed by atoms with Crippen LogP contribution in [0.2, 0.25) is 0 Å². The Bertz CT molecular complexity index is 584. The van der Waals surface area contributed by atoms with Crippen molar-refractivity contribution < 1.29 is 13.3 Å². The molecule has 0 amide bonds. The van der Waals surface area contributed by atoms with Gasteiger partial charge in [-0.3, -0.25) is 10.1 Å². The lowest BCUT2D eigenvalue weighted by Crippen LogP contribution is -2.16. The van der Waals surface area contributed by atoms with Crippen LogP contribution in [0.1, 0.15) is 33.1 Å². The standard InChI is InChI=1S/C13H20N2O4S/c1-4-5-6-10(2)14-12-8-7-11(20(3,18)19)9-13(12)15(16)17/h7-10,14H,4-6H2,1-3H3. The molecule has 0 fully saturated rings. The number of benzene rings is 1. The number of nitro benzene ring substituents is 1. The van der Waals surface area contributed by atoms with Gasteiger partial charge in [0.25, 0.3) is 5.69 Å². The summed E-state index contributed by atoms with van der Waals surface area (Å²) in [6.07, 6.45) is 4.02. The molecule has 0 aliphatic heterocycles. The van der Waals surface area contributed by atoms with Gasteiger partial charge < -0.3 is 5.32 Å². The van der Waals surface area contributed by atoms with Gasteiger partial charge in [0.2, 0.25) is 0 Å². The first-order chi connectivity index (χ1) is 9.25. The fraction of sp³-hybridized carbons (Fsp3) is 0.538. The quantitative estimate of drug-likeness (QED) is 0.617. The predicted molar refractivity (Wildman–Crippen MR) is 78.8 cm³/mol. The van der Waals surface area contributed by atoms with Crippen LogP contribution in [0.15, 0.2) is 23.1 Å². The molecule has 0 heterocycles. The minimum atomic E-state index is -3.45. The molecule has 1 aromatic rings. The predicted octanol–water partition coefficient (Wildman–Crippen LogP) is 2.99. The average Bonchev–Trinajstić information content (AvgIpc) is 2.35. The summed E-state index contributed by atoms with van der Waals surface area (Å²) >= 11 is 0. The van der Waals surface area contributed by atoms with Crippen molar-refractivity contribution in [3.05, 3.63) is 28.3 Å². The van der Waals surface area contributed by atoms with Gasteiger partial charge >= 0.3 is 0 Å². The molecule has 112 valence electrons. The smallest absolute Gasteiger partial charge is 0.293 e. The van der Waals surface area contributed by atoms with E-state index in [-0.39, 0.29) is 16.6 Å². The lowest BCUT2D eigenvalue weighted by molar-refractivity contribution is -0.384. The minimum Gasteiger partial charge on any atom is -0.377 e. The first kappa shape index (κ1) is 16.4. The average molecular weight is 300 g/mol. The number of nitrogens with one attached hydrogen (secondary N) is 1. The van der Waals surface area contributed by atoms with Crippen molar-refractivity contribution in [3.63, 3.8) is 0 Å². The van der Waals surface area contributed by atoms with Gasteiger partial charge in [0, 0.05) is 18.4 Å². The van der Waals surface area contributed by atoms with Crippen molar-refractivity contribution in [2.45, 2.75) is 44.0 Å². The summed E-state index contributed by atoms with van der Waals surface area (Å²) in [7, 11) is -3.45. The number of sulfone groups is 1. The van der Waals surface area contributed by atoms with Gasteiger partial charge in [-0.1, -0.05) is 19.8 Å². The second-order valence-corrected chi connectivity index (χ2v) is 6.91. The maximum Gasteiger partial charge on any atom is 0.293 e. The van der Waals surface area contributed by atoms with E-state index in [4.69, 9.17) is 0 Å². The second-order valence-electron chi connectivity index (χ2n) is 4.90. The van der Waals surface area contributed by atoms with Crippen molar-refractivity contribution in [2.75, 3.05) is 11.6 Å². The molecule has 6 nitrogen and oxygen atoms in total. The number of hydrogen-bond acceptors (Lipinski definition) is 5. The van der Waals surface area contributed by atoms with E-state index in [1.807, 2.05) is 6.92 Å². The van der Waals surface area contributed by atoms with Gasteiger partial charge in [-0.25, -0.2) is 8.42 Å². The lowest BCUT2D eigenvalue weighted by Gasteiger charge is -2.15. The number of anilines is 1. The lowest BCUT2D eigenvalue weighted by atomic mass is 10.1. The van der Waals surface area contributed by atoms with Crippen LogP contribution < -0.4 is 5.32 Å². The monoisotopic (exact) mass is 300 g/mol. The van der Waals surface area contributed by atoms with E-state index in [0.717, 1.165) is 31.6 Å². The topological polar surface area (TPSA) is 89.3 Å². The molecule has 0 aliphatic carbocycles. The van der Waals surface area contributed by atoms with Crippen molar-refractivity contribution in [2.24, 2.45) is 0 Å². The third-order valence-electron chi connectivity index (χ3n) is 2.99. The molecule has 0 aromatic heterocycles. The summed E-state index contributed by atoms with van der Waals surface area (Å²) in [5, 5.41) is 14.1. The minimum absolute atomic E-state index is 0.0454. The molecule has 1 atom stereocenters. The fourth-order valence-corrected chi connectivity index (χ4v) is 2.50. The molecule has 1 rings (SSSR count). The highest BCUT2D eigenvalue weighted by Gasteiger charge is 2.19. The molecular weight excluding hydrogens is 280 g/mol. The molecule has 0 bridgehead atoms. The summed E-state index contributed by atoms with van der Waals surface area (Å²) in [6, 6.07) is 4.04. The number of rotatable bonds is 7. The highest BCUT2D eigenvalue weighted by Crippen LogP contribution is 2.28. The molecule has 1 aromatic carbocycles. The van der Waals surface area contributed by atoms with Gasteiger partial charge in [0.15, 0.2) is 9.84 Å². The Labute approximate surface area is 119 Å². The van der Waals surface area contributed by atoms with Gasteiger partial charge in [0.1, 0.15) is 5.69 Å². The Morgan fingerprint density at radius 2 is 2.05 bits per heavy atom. The molecule has 0 radical (unpaired) electrons. The second kappa shape index (κ2) is 6.69. The van der Waals surface area contributed by atoms with E-state index in [0.29, 0.717) is 5.69 Å². The maximum absolute atomic E-state index is 11.4. The summed E-state index contributed by atoms with van der Waals surface area (Å²) in [6.45, 7) is 4.03. The van der Waals surface area contributed by atoms with Crippen molar-refractivity contribution >= 4 is 21.2 Å². The summed E-state index contributed by atoms with van der Waals surface area (Å²) < 4.78 is 22.9. The van der Waals surface area contributed by atoms with Gasteiger partial charge in [-0.2, -0.15) is 0 Å². The summed E-state index contributed by atoms with van der Waals surface area (Å²) in [4.78, 5) is 10.5. The van der Waals surface area contributed by atoms with Crippen molar-refractivity contribution in [3.8, 4) is 0 Å². The number of nitro groups is 1. The molecule has 0 saturated carbocycles. The Kier molecular flexibility index (Phi) is 5.50. The molecule has 0 saturated heterocycles. The third-order valence-corrected chi connectivity index (χ3v) is 4.10. The fourth-order valence-electron chi connectivity index (χ4n) is 1.86. The van der Waals surface area contributed by atoms with Crippen LogP contribution in [0.5, 0.6) is 0 Å².